The second-order valence-electron chi connectivity index (χ2n) is 6.84. The summed E-state index contributed by atoms with van der Waals surface area (Å²) in [5.74, 6) is 1.45. The predicted molar refractivity (Wildman–Crippen MR) is 128 cm³/mol. The number of alkyl halides is 2. The molecule has 0 heterocycles. The van der Waals surface area contributed by atoms with Gasteiger partial charge in [0.05, 0.1) is 13.2 Å². The summed E-state index contributed by atoms with van der Waals surface area (Å²) in [7, 11) is 0. The van der Waals surface area contributed by atoms with Crippen LogP contribution in [0.2, 0.25) is 0 Å². The molecule has 0 N–H and O–H groups in total. The Morgan fingerprint density at radius 1 is 0.677 bits per heavy atom. The fourth-order valence-electron chi connectivity index (χ4n) is 3.37. The van der Waals surface area contributed by atoms with E-state index in [0.717, 1.165) is 33.6 Å². The lowest BCUT2D eigenvalue weighted by Gasteiger charge is -2.17. The molecule has 0 aromatic heterocycles. The van der Waals surface area contributed by atoms with Gasteiger partial charge in [0.1, 0.15) is 18.2 Å². The smallest absolute Gasteiger partial charge is 0.123 e. The molecule has 0 spiro atoms. The molecule has 3 aromatic rings. The summed E-state index contributed by atoms with van der Waals surface area (Å²) < 4.78 is 24.7. The molecule has 0 unspecified atom stereocenters. The number of halogens is 3. The first-order valence-corrected chi connectivity index (χ1v) is 11.3. The highest BCUT2D eigenvalue weighted by atomic mass is 35.5. The standard InChI is InChI=1S/C26H25Cl2FO2/c27-15-14-25(20-4-2-1-3-5-20)26(21-6-10-23(29)11-7-21)22-8-12-24(13-9-22)31-19-18-30-17-16-28/h1-13H,14-19H2/b26-25-. The SMILES string of the molecule is Fc1ccc(/C(=C(\CCCl)c2ccccc2)c2ccc(OCCOCCCl)cc2)cc1. The van der Waals surface area contributed by atoms with Crippen molar-refractivity contribution in [2.45, 2.75) is 6.42 Å². The van der Waals surface area contributed by atoms with Crippen LogP contribution in [0.1, 0.15) is 23.1 Å². The summed E-state index contributed by atoms with van der Waals surface area (Å²) in [6.45, 7) is 1.46. The first kappa shape index (κ1) is 23.3. The van der Waals surface area contributed by atoms with Crippen molar-refractivity contribution in [3.8, 4) is 5.75 Å². The van der Waals surface area contributed by atoms with Crippen molar-refractivity contribution >= 4 is 34.3 Å². The summed E-state index contributed by atoms with van der Waals surface area (Å²) in [6.07, 6.45) is 0.689. The monoisotopic (exact) mass is 458 g/mol. The largest absolute Gasteiger partial charge is 0.491 e. The zero-order valence-electron chi connectivity index (χ0n) is 17.2. The molecule has 3 rings (SSSR count). The summed E-state index contributed by atoms with van der Waals surface area (Å²) in [4.78, 5) is 0. The summed E-state index contributed by atoms with van der Waals surface area (Å²) in [5.41, 5.74) is 5.20. The molecule has 0 bridgehead atoms. The van der Waals surface area contributed by atoms with Gasteiger partial charge in [0.25, 0.3) is 0 Å². The van der Waals surface area contributed by atoms with Crippen molar-refractivity contribution in [2.24, 2.45) is 0 Å². The van der Waals surface area contributed by atoms with Crippen molar-refractivity contribution < 1.29 is 13.9 Å². The van der Waals surface area contributed by atoms with E-state index in [1.54, 1.807) is 12.1 Å². The lowest BCUT2D eigenvalue weighted by atomic mass is 9.88. The van der Waals surface area contributed by atoms with Gasteiger partial charge in [0.15, 0.2) is 0 Å². The quantitative estimate of drug-likeness (QED) is 0.174. The Bertz CT molecular complexity index is 955. The van der Waals surface area contributed by atoms with Gasteiger partial charge in [-0.2, -0.15) is 0 Å². The maximum absolute atomic E-state index is 13.6. The number of benzene rings is 3. The van der Waals surface area contributed by atoms with E-state index < -0.39 is 0 Å². The third-order valence-electron chi connectivity index (χ3n) is 4.76. The van der Waals surface area contributed by atoms with Gasteiger partial charge in [-0.3, -0.25) is 0 Å². The molecular formula is C26H25Cl2FO2. The third-order valence-corrected chi connectivity index (χ3v) is 5.11. The van der Waals surface area contributed by atoms with Crippen LogP contribution in [0.4, 0.5) is 4.39 Å². The van der Waals surface area contributed by atoms with Gasteiger partial charge in [-0.05, 0) is 58.5 Å². The van der Waals surface area contributed by atoms with Gasteiger partial charge in [-0.1, -0.05) is 54.6 Å². The molecule has 0 amide bonds. The van der Waals surface area contributed by atoms with Gasteiger partial charge in [0.2, 0.25) is 0 Å². The molecule has 0 atom stereocenters. The fourth-order valence-corrected chi connectivity index (χ4v) is 3.67. The van der Waals surface area contributed by atoms with Crippen molar-refractivity contribution in [3.05, 3.63) is 101 Å². The first-order valence-electron chi connectivity index (χ1n) is 10.2. The molecule has 0 aliphatic rings. The van der Waals surface area contributed by atoms with Crippen LogP contribution in [-0.2, 0) is 4.74 Å². The summed E-state index contributed by atoms with van der Waals surface area (Å²) in [5, 5.41) is 0. The van der Waals surface area contributed by atoms with Crippen molar-refractivity contribution in [3.63, 3.8) is 0 Å². The van der Waals surface area contributed by atoms with Crippen molar-refractivity contribution in [2.75, 3.05) is 31.6 Å². The maximum atomic E-state index is 13.6. The molecular weight excluding hydrogens is 434 g/mol. The number of rotatable bonds is 11. The van der Waals surface area contributed by atoms with E-state index >= 15 is 0 Å². The predicted octanol–water partition coefficient (Wildman–Crippen LogP) is 7.05. The second kappa shape index (κ2) is 12.5. The molecule has 0 aliphatic heterocycles. The lowest BCUT2D eigenvalue weighted by molar-refractivity contribution is 0.111. The van der Waals surface area contributed by atoms with Crippen LogP contribution in [-0.4, -0.2) is 31.6 Å². The highest BCUT2D eigenvalue weighted by Gasteiger charge is 2.14. The average molecular weight is 459 g/mol. The van der Waals surface area contributed by atoms with Gasteiger partial charge in [-0.15, -0.1) is 23.2 Å². The molecule has 31 heavy (non-hydrogen) atoms. The van der Waals surface area contributed by atoms with Crippen LogP contribution in [0.3, 0.4) is 0 Å². The van der Waals surface area contributed by atoms with Crippen molar-refractivity contribution in [1.82, 2.24) is 0 Å². The minimum atomic E-state index is -0.262. The molecule has 0 fully saturated rings. The second-order valence-corrected chi connectivity index (χ2v) is 7.60. The minimum absolute atomic E-state index is 0.262. The zero-order valence-corrected chi connectivity index (χ0v) is 18.7. The van der Waals surface area contributed by atoms with E-state index in [1.165, 1.54) is 12.1 Å². The topological polar surface area (TPSA) is 18.5 Å². The molecule has 2 nitrogen and oxygen atoms in total. The molecule has 162 valence electrons. The minimum Gasteiger partial charge on any atom is -0.491 e. The van der Waals surface area contributed by atoms with E-state index in [1.807, 2.05) is 42.5 Å². The third kappa shape index (κ3) is 6.83. The highest BCUT2D eigenvalue weighted by molar-refractivity contribution is 6.19. The van der Waals surface area contributed by atoms with Gasteiger partial charge in [0, 0.05) is 11.8 Å². The van der Waals surface area contributed by atoms with Crippen LogP contribution >= 0.6 is 23.2 Å². The zero-order chi connectivity index (χ0) is 21.9. The van der Waals surface area contributed by atoms with Crippen LogP contribution in [0, 0.1) is 5.82 Å². The molecule has 3 aromatic carbocycles. The Labute approximate surface area is 193 Å². The molecule has 0 radical (unpaired) electrons. The van der Waals surface area contributed by atoms with Crippen molar-refractivity contribution in [1.29, 1.82) is 0 Å². The van der Waals surface area contributed by atoms with Crippen LogP contribution in [0.15, 0.2) is 78.9 Å². The number of allylic oxidation sites excluding steroid dienone is 1. The Morgan fingerprint density at radius 3 is 1.94 bits per heavy atom. The molecule has 0 aliphatic carbocycles. The number of hydrogen-bond acceptors (Lipinski definition) is 2. The normalized spacial score (nSPS) is 11.8. The van der Waals surface area contributed by atoms with E-state index in [9.17, 15) is 4.39 Å². The van der Waals surface area contributed by atoms with E-state index in [4.69, 9.17) is 32.7 Å². The molecule has 0 saturated heterocycles. The van der Waals surface area contributed by atoms with E-state index in [-0.39, 0.29) is 5.82 Å². The Hall–Kier alpha value is -2.33. The Morgan fingerprint density at radius 2 is 1.32 bits per heavy atom. The number of hydrogen-bond donors (Lipinski definition) is 0. The highest BCUT2D eigenvalue weighted by Crippen LogP contribution is 2.35. The summed E-state index contributed by atoms with van der Waals surface area (Å²) >= 11 is 11.8. The van der Waals surface area contributed by atoms with Crippen LogP contribution in [0.5, 0.6) is 5.75 Å². The van der Waals surface area contributed by atoms with E-state index in [2.05, 4.69) is 12.1 Å². The molecule has 5 heteroatoms. The van der Waals surface area contributed by atoms with Gasteiger partial charge in [-0.25, -0.2) is 4.39 Å². The summed E-state index contributed by atoms with van der Waals surface area (Å²) in [6, 6.07) is 24.6. The maximum Gasteiger partial charge on any atom is 0.123 e. The van der Waals surface area contributed by atoms with Gasteiger partial charge >= 0.3 is 0 Å². The van der Waals surface area contributed by atoms with E-state index in [0.29, 0.717) is 38.0 Å². The molecule has 0 saturated carbocycles. The van der Waals surface area contributed by atoms with Crippen LogP contribution < -0.4 is 4.74 Å². The Kier molecular flexibility index (Phi) is 9.41. The van der Waals surface area contributed by atoms with Gasteiger partial charge < -0.3 is 9.47 Å². The Balaban J connectivity index is 1.96. The fraction of sp³-hybridized carbons (Fsp3) is 0.231. The lowest BCUT2D eigenvalue weighted by Crippen LogP contribution is -2.08. The average Bonchev–Trinajstić information content (AvgIpc) is 2.81. The number of ether oxygens (including phenoxy) is 2. The first-order chi connectivity index (χ1) is 15.2. The van der Waals surface area contributed by atoms with Crippen LogP contribution in [0.25, 0.3) is 11.1 Å².